The molecule has 1 N–H and O–H groups in total. The zero-order valence-corrected chi connectivity index (χ0v) is 15.5. The molecule has 0 aliphatic carbocycles. The molecule has 0 atom stereocenters. The minimum Gasteiger partial charge on any atom is -0.497 e. The predicted molar refractivity (Wildman–Crippen MR) is 106 cm³/mol. The molecule has 0 radical (unpaired) electrons. The van der Waals surface area contributed by atoms with E-state index in [4.69, 9.17) is 9.47 Å². The van der Waals surface area contributed by atoms with Crippen molar-refractivity contribution in [1.29, 1.82) is 0 Å². The van der Waals surface area contributed by atoms with Crippen LogP contribution >= 0.6 is 0 Å². The Labute approximate surface area is 158 Å². The van der Waals surface area contributed by atoms with Crippen molar-refractivity contribution in [2.45, 2.75) is 25.5 Å². The molecule has 1 aromatic heterocycles. The lowest BCUT2D eigenvalue weighted by atomic mass is 10.1. The largest absolute Gasteiger partial charge is 0.497 e. The average Bonchev–Trinajstić information content (AvgIpc) is 2.70. The van der Waals surface area contributed by atoms with Crippen LogP contribution in [0.25, 0.3) is 10.8 Å². The van der Waals surface area contributed by atoms with Crippen molar-refractivity contribution in [2.24, 2.45) is 0 Å². The lowest BCUT2D eigenvalue weighted by molar-refractivity contribution is 0.0969. The van der Waals surface area contributed by atoms with Crippen molar-refractivity contribution in [3.8, 4) is 11.5 Å². The fraction of sp³-hybridized carbons (Fsp3) is 0.318. The third-order valence-corrected chi connectivity index (χ3v) is 5.15. The molecular formula is C22H24N2O3. The second-order valence-electron chi connectivity index (χ2n) is 7.00. The number of rotatable bonds is 5. The number of methoxy groups -OCH3 is 1. The van der Waals surface area contributed by atoms with Crippen LogP contribution in [0.5, 0.6) is 11.5 Å². The summed E-state index contributed by atoms with van der Waals surface area (Å²) in [7, 11) is 1.69. The van der Waals surface area contributed by atoms with Crippen LogP contribution in [0.3, 0.4) is 0 Å². The van der Waals surface area contributed by atoms with E-state index in [2.05, 4.69) is 22.0 Å². The minimum atomic E-state index is -0.0640. The third kappa shape index (κ3) is 4.14. The number of likely N-dealkylation sites (tertiary alicyclic amines) is 1. The number of pyridine rings is 1. The van der Waals surface area contributed by atoms with Gasteiger partial charge in [-0.25, -0.2) is 0 Å². The molecule has 1 fully saturated rings. The number of aromatic nitrogens is 1. The quantitative estimate of drug-likeness (QED) is 0.752. The zero-order chi connectivity index (χ0) is 18.6. The van der Waals surface area contributed by atoms with Crippen molar-refractivity contribution >= 4 is 10.8 Å². The molecule has 140 valence electrons. The van der Waals surface area contributed by atoms with Crippen molar-refractivity contribution in [1.82, 2.24) is 9.88 Å². The fourth-order valence-electron chi connectivity index (χ4n) is 3.61. The van der Waals surface area contributed by atoms with Crippen LogP contribution in [-0.4, -0.2) is 36.2 Å². The first kappa shape index (κ1) is 17.6. The highest BCUT2D eigenvalue weighted by Gasteiger charge is 2.20. The highest BCUT2D eigenvalue weighted by atomic mass is 16.5. The van der Waals surface area contributed by atoms with Crippen molar-refractivity contribution in [3.05, 3.63) is 70.6 Å². The summed E-state index contributed by atoms with van der Waals surface area (Å²) in [6, 6.07) is 15.8. The summed E-state index contributed by atoms with van der Waals surface area (Å²) in [5.41, 5.74) is 1.24. The molecule has 4 rings (SSSR count). The Bertz CT molecular complexity index is 957. The topological polar surface area (TPSA) is 54.6 Å². The van der Waals surface area contributed by atoms with E-state index < -0.39 is 0 Å². The lowest BCUT2D eigenvalue weighted by Gasteiger charge is -2.32. The predicted octanol–water partition coefficient (Wildman–Crippen LogP) is 3.58. The molecule has 3 aromatic rings. The molecule has 0 bridgehead atoms. The molecule has 0 spiro atoms. The molecule has 0 saturated carbocycles. The van der Waals surface area contributed by atoms with Gasteiger partial charge in [-0.15, -0.1) is 0 Å². The Morgan fingerprint density at radius 2 is 1.78 bits per heavy atom. The minimum absolute atomic E-state index is 0.0640. The number of H-pyrrole nitrogens is 1. The number of piperidine rings is 1. The first-order valence-electron chi connectivity index (χ1n) is 9.35. The van der Waals surface area contributed by atoms with Crippen LogP contribution in [-0.2, 0) is 6.54 Å². The van der Waals surface area contributed by atoms with Crippen LogP contribution in [0.15, 0.2) is 59.5 Å². The van der Waals surface area contributed by atoms with Gasteiger partial charge in [0.2, 0.25) is 0 Å². The normalized spacial score (nSPS) is 15.7. The number of hydrogen-bond donors (Lipinski definition) is 1. The summed E-state index contributed by atoms with van der Waals surface area (Å²) in [5, 5.41) is 1.60. The maximum Gasteiger partial charge on any atom is 0.255 e. The van der Waals surface area contributed by atoms with Gasteiger partial charge in [0, 0.05) is 31.2 Å². The number of hydrogen-bond acceptors (Lipinski definition) is 4. The van der Waals surface area contributed by atoms with Gasteiger partial charge in [-0.05, 0) is 60.2 Å². The molecule has 27 heavy (non-hydrogen) atoms. The van der Waals surface area contributed by atoms with Crippen LogP contribution in [0, 0.1) is 0 Å². The second-order valence-corrected chi connectivity index (χ2v) is 7.00. The van der Waals surface area contributed by atoms with Gasteiger partial charge in [0.1, 0.15) is 17.6 Å². The summed E-state index contributed by atoms with van der Waals surface area (Å²) in [4.78, 5) is 17.0. The van der Waals surface area contributed by atoms with E-state index in [0.717, 1.165) is 49.4 Å². The number of benzene rings is 2. The van der Waals surface area contributed by atoms with Crippen molar-refractivity contribution in [2.75, 3.05) is 20.2 Å². The Hall–Kier alpha value is -2.79. The summed E-state index contributed by atoms with van der Waals surface area (Å²) < 4.78 is 11.4. The molecule has 0 amide bonds. The summed E-state index contributed by atoms with van der Waals surface area (Å²) in [6.45, 7) is 2.99. The van der Waals surface area contributed by atoms with E-state index >= 15 is 0 Å². The van der Waals surface area contributed by atoms with Gasteiger partial charge in [0.25, 0.3) is 5.56 Å². The van der Waals surface area contributed by atoms with Crippen molar-refractivity contribution < 1.29 is 9.47 Å². The Morgan fingerprint density at radius 3 is 2.52 bits per heavy atom. The Balaban J connectivity index is 1.33. The SMILES string of the molecule is COc1ccc(CN2CCC(Oc3ccc4c(=O)[nH]ccc4c3)CC2)cc1. The monoisotopic (exact) mass is 364 g/mol. The third-order valence-electron chi connectivity index (χ3n) is 5.15. The lowest BCUT2D eigenvalue weighted by Crippen LogP contribution is -2.37. The fourth-order valence-corrected chi connectivity index (χ4v) is 3.61. The number of aromatic amines is 1. The zero-order valence-electron chi connectivity index (χ0n) is 15.5. The number of nitrogens with zero attached hydrogens (tertiary/aromatic N) is 1. The van der Waals surface area contributed by atoms with Gasteiger partial charge in [0.05, 0.1) is 7.11 Å². The van der Waals surface area contributed by atoms with Crippen LogP contribution in [0.2, 0.25) is 0 Å². The van der Waals surface area contributed by atoms with Gasteiger partial charge in [0.15, 0.2) is 0 Å². The molecule has 1 aliphatic heterocycles. The van der Waals surface area contributed by atoms with Gasteiger partial charge in [-0.2, -0.15) is 0 Å². The maximum absolute atomic E-state index is 11.8. The van der Waals surface area contributed by atoms with Crippen molar-refractivity contribution in [3.63, 3.8) is 0 Å². The molecule has 5 heteroatoms. The van der Waals surface area contributed by atoms with Crippen LogP contribution in [0.1, 0.15) is 18.4 Å². The van der Waals surface area contributed by atoms with Gasteiger partial charge < -0.3 is 14.5 Å². The van der Waals surface area contributed by atoms with E-state index in [9.17, 15) is 4.79 Å². The highest BCUT2D eigenvalue weighted by Crippen LogP contribution is 2.23. The molecule has 1 aliphatic rings. The molecule has 1 saturated heterocycles. The maximum atomic E-state index is 11.8. The molecule has 2 aromatic carbocycles. The van der Waals surface area contributed by atoms with E-state index in [1.807, 2.05) is 36.4 Å². The van der Waals surface area contributed by atoms with E-state index in [-0.39, 0.29) is 11.7 Å². The molecular weight excluding hydrogens is 340 g/mol. The second kappa shape index (κ2) is 7.84. The van der Waals surface area contributed by atoms with Crippen LogP contribution < -0.4 is 15.0 Å². The number of nitrogens with one attached hydrogen (secondary N) is 1. The summed E-state index contributed by atoms with van der Waals surface area (Å²) in [5.74, 6) is 1.73. The first-order chi connectivity index (χ1) is 13.2. The molecule has 5 nitrogen and oxygen atoms in total. The molecule has 0 unspecified atom stereocenters. The summed E-state index contributed by atoms with van der Waals surface area (Å²) in [6.07, 6.45) is 3.90. The Morgan fingerprint density at radius 1 is 1.04 bits per heavy atom. The van der Waals surface area contributed by atoms with Gasteiger partial charge in [-0.3, -0.25) is 9.69 Å². The Kier molecular flexibility index (Phi) is 5.12. The smallest absolute Gasteiger partial charge is 0.255 e. The summed E-state index contributed by atoms with van der Waals surface area (Å²) >= 11 is 0. The van der Waals surface area contributed by atoms with E-state index in [0.29, 0.717) is 5.39 Å². The van der Waals surface area contributed by atoms with E-state index in [1.54, 1.807) is 13.3 Å². The van der Waals surface area contributed by atoms with E-state index in [1.165, 1.54) is 5.56 Å². The van der Waals surface area contributed by atoms with Gasteiger partial charge >= 0.3 is 0 Å². The number of ether oxygens (including phenoxy) is 2. The van der Waals surface area contributed by atoms with Gasteiger partial charge in [-0.1, -0.05) is 12.1 Å². The number of fused-ring (bicyclic) bond motifs is 1. The highest BCUT2D eigenvalue weighted by molar-refractivity contribution is 5.82. The average molecular weight is 364 g/mol. The standard InChI is InChI=1S/C22H24N2O3/c1-26-18-4-2-16(3-5-18)15-24-12-9-19(10-13-24)27-20-6-7-21-17(14-20)8-11-23-22(21)25/h2-8,11,14,19H,9-10,12-13,15H2,1H3,(H,23,25). The molecule has 2 heterocycles. The van der Waals surface area contributed by atoms with Crippen LogP contribution in [0.4, 0.5) is 0 Å². The first-order valence-corrected chi connectivity index (χ1v) is 9.35.